The Hall–Kier alpha value is -2.47. The van der Waals surface area contributed by atoms with Gasteiger partial charge in [0.1, 0.15) is 5.75 Å². The van der Waals surface area contributed by atoms with Crippen LogP contribution in [0.2, 0.25) is 0 Å². The highest BCUT2D eigenvalue weighted by molar-refractivity contribution is 6.04. The highest BCUT2D eigenvalue weighted by Gasteiger charge is 2.07. The Kier molecular flexibility index (Phi) is 4.84. The van der Waals surface area contributed by atoms with E-state index in [1.807, 2.05) is 0 Å². The van der Waals surface area contributed by atoms with Crippen molar-refractivity contribution in [1.29, 1.82) is 0 Å². The van der Waals surface area contributed by atoms with E-state index < -0.39 is 6.61 Å². The lowest BCUT2D eigenvalue weighted by atomic mass is 10.1. The molecule has 21 heavy (non-hydrogen) atoms. The summed E-state index contributed by atoms with van der Waals surface area (Å²) in [6.07, 6.45) is 0. The fourth-order valence-corrected chi connectivity index (χ4v) is 1.72. The number of nitrogens with one attached hydrogen (secondary N) is 1. The van der Waals surface area contributed by atoms with Gasteiger partial charge in [-0.05, 0) is 42.0 Å². The van der Waals surface area contributed by atoms with Crippen molar-refractivity contribution in [3.8, 4) is 5.75 Å². The maximum absolute atomic E-state index is 12.0. The molecule has 0 unspecified atom stereocenters. The van der Waals surface area contributed by atoms with Gasteiger partial charge in [0.25, 0.3) is 5.91 Å². The summed E-state index contributed by atoms with van der Waals surface area (Å²) in [5, 5.41) is 2.66. The molecule has 0 heterocycles. The van der Waals surface area contributed by atoms with Crippen LogP contribution in [0.1, 0.15) is 15.9 Å². The normalized spacial score (nSPS) is 10.5. The molecule has 2 aromatic carbocycles. The van der Waals surface area contributed by atoms with Crippen LogP contribution in [0.25, 0.3) is 0 Å². The summed E-state index contributed by atoms with van der Waals surface area (Å²) >= 11 is 0. The number of nitrogens with two attached hydrogens (primary N) is 1. The predicted octanol–water partition coefficient (Wildman–Crippen LogP) is 3.00. The molecule has 0 saturated heterocycles. The van der Waals surface area contributed by atoms with E-state index in [9.17, 15) is 13.6 Å². The molecular weight excluding hydrogens is 278 g/mol. The number of carbonyl (C=O) groups is 1. The average Bonchev–Trinajstić information content (AvgIpc) is 2.49. The topological polar surface area (TPSA) is 64.4 Å². The molecular formula is C15H14F2N2O2. The lowest BCUT2D eigenvalue weighted by Crippen LogP contribution is -2.12. The van der Waals surface area contributed by atoms with Crippen LogP contribution in [-0.4, -0.2) is 12.5 Å². The van der Waals surface area contributed by atoms with Crippen molar-refractivity contribution >= 4 is 11.6 Å². The Balaban J connectivity index is 2.01. The highest BCUT2D eigenvalue weighted by Crippen LogP contribution is 2.18. The number of halogens is 2. The second-order valence-corrected chi connectivity index (χ2v) is 4.26. The Morgan fingerprint density at radius 2 is 1.71 bits per heavy atom. The van der Waals surface area contributed by atoms with E-state index in [-0.39, 0.29) is 11.7 Å². The van der Waals surface area contributed by atoms with Gasteiger partial charge in [0.15, 0.2) is 0 Å². The second kappa shape index (κ2) is 6.81. The van der Waals surface area contributed by atoms with Crippen LogP contribution >= 0.6 is 0 Å². The summed E-state index contributed by atoms with van der Waals surface area (Å²) in [6, 6.07) is 12.6. The Labute approximate surface area is 120 Å². The maximum Gasteiger partial charge on any atom is 0.387 e. The Morgan fingerprint density at radius 3 is 2.24 bits per heavy atom. The standard InChI is InChI=1S/C15H14F2N2O2/c16-15(17)21-13-7-5-12(6-8-13)19-14(20)11-3-1-10(9-18)2-4-11/h1-8,15H,9,18H2,(H,19,20). The molecule has 0 aliphatic carbocycles. The van der Waals surface area contributed by atoms with E-state index in [1.54, 1.807) is 24.3 Å². The molecule has 3 N–H and O–H groups in total. The minimum atomic E-state index is -2.87. The molecule has 6 heteroatoms. The van der Waals surface area contributed by atoms with E-state index in [4.69, 9.17) is 5.73 Å². The molecule has 2 aromatic rings. The predicted molar refractivity (Wildman–Crippen MR) is 75.4 cm³/mol. The monoisotopic (exact) mass is 292 g/mol. The van der Waals surface area contributed by atoms with E-state index in [2.05, 4.69) is 10.1 Å². The largest absolute Gasteiger partial charge is 0.435 e. The number of hydrogen-bond donors (Lipinski definition) is 2. The zero-order valence-corrected chi connectivity index (χ0v) is 11.1. The molecule has 0 fully saturated rings. The van der Waals surface area contributed by atoms with Crippen LogP contribution in [0.15, 0.2) is 48.5 Å². The number of amides is 1. The first kappa shape index (κ1) is 14.9. The first-order valence-electron chi connectivity index (χ1n) is 6.23. The zero-order chi connectivity index (χ0) is 15.2. The SMILES string of the molecule is NCc1ccc(C(=O)Nc2ccc(OC(F)F)cc2)cc1. The van der Waals surface area contributed by atoms with Crippen LogP contribution < -0.4 is 15.8 Å². The fourth-order valence-electron chi connectivity index (χ4n) is 1.72. The minimum Gasteiger partial charge on any atom is -0.435 e. The fraction of sp³-hybridized carbons (Fsp3) is 0.133. The van der Waals surface area contributed by atoms with Crippen LogP contribution in [0.4, 0.5) is 14.5 Å². The third-order valence-corrected chi connectivity index (χ3v) is 2.79. The maximum atomic E-state index is 12.0. The van der Waals surface area contributed by atoms with Crippen molar-refractivity contribution in [2.75, 3.05) is 5.32 Å². The highest BCUT2D eigenvalue weighted by atomic mass is 19.3. The molecule has 0 aliphatic heterocycles. The lowest BCUT2D eigenvalue weighted by molar-refractivity contribution is -0.0498. The van der Waals surface area contributed by atoms with Gasteiger partial charge in [-0.3, -0.25) is 4.79 Å². The number of ether oxygens (including phenoxy) is 1. The van der Waals surface area contributed by atoms with E-state index in [0.29, 0.717) is 17.8 Å². The lowest BCUT2D eigenvalue weighted by Gasteiger charge is -2.08. The van der Waals surface area contributed by atoms with Gasteiger partial charge in [-0.25, -0.2) is 0 Å². The van der Waals surface area contributed by atoms with E-state index in [1.165, 1.54) is 24.3 Å². The summed E-state index contributed by atoms with van der Waals surface area (Å²) in [7, 11) is 0. The first-order valence-corrected chi connectivity index (χ1v) is 6.23. The van der Waals surface area contributed by atoms with Gasteiger partial charge in [0.05, 0.1) is 0 Å². The molecule has 0 aliphatic rings. The molecule has 0 atom stereocenters. The molecule has 2 rings (SSSR count). The summed E-state index contributed by atoms with van der Waals surface area (Å²) in [5.74, 6) is -0.253. The van der Waals surface area contributed by atoms with Crippen LogP contribution in [0.3, 0.4) is 0 Å². The molecule has 0 aromatic heterocycles. The van der Waals surface area contributed by atoms with Crippen molar-refractivity contribution in [3.05, 3.63) is 59.7 Å². The van der Waals surface area contributed by atoms with Crippen LogP contribution in [0, 0.1) is 0 Å². The van der Waals surface area contributed by atoms with Gasteiger partial charge >= 0.3 is 6.61 Å². The van der Waals surface area contributed by atoms with Gasteiger partial charge in [-0.15, -0.1) is 0 Å². The Bertz CT molecular complexity index is 598. The smallest absolute Gasteiger partial charge is 0.387 e. The number of alkyl halides is 2. The minimum absolute atomic E-state index is 0.0373. The van der Waals surface area contributed by atoms with Crippen molar-refractivity contribution in [1.82, 2.24) is 0 Å². The molecule has 0 spiro atoms. The van der Waals surface area contributed by atoms with Gasteiger partial charge in [-0.2, -0.15) is 8.78 Å². The third-order valence-electron chi connectivity index (χ3n) is 2.79. The molecule has 0 saturated carbocycles. The molecule has 1 amide bonds. The third kappa shape index (κ3) is 4.25. The van der Waals surface area contributed by atoms with E-state index >= 15 is 0 Å². The van der Waals surface area contributed by atoms with Gasteiger partial charge < -0.3 is 15.8 Å². The summed E-state index contributed by atoms with van der Waals surface area (Å²) in [4.78, 5) is 12.0. The van der Waals surface area contributed by atoms with Crippen molar-refractivity contribution in [2.24, 2.45) is 5.73 Å². The number of anilines is 1. The quantitative estimate of drug-likeness (QED) is 0.890. The van der Waals surface area contributed by atoms with Gasteiger partial charge in [0.2, 0.25) is 0 Å². The number of carbonyl (C=O) groups excluding carboxylic acids is 1. The average molecular weight is 292 g/mol. The van der Waals surface area contributed by atoms with E-state index in [0.717, 1.165) is 5.56 Å². The second-order valence-electron chi connectivity index (χ2n) is 4.26. The number of rotatable bonds is 5. The number of hydrogen-bond acceptors (Lipinski definition) is 3. The number of benzene rings is 2. The molecule has 4 nitrogen and oxygen atoms in total. The zero-order valence-electron chi connectivity index (χ0n) is 11.1. The first-order chi connectivity index (χ1) is 10.1. The molecule has 0 bridgehead atoms. The van der Waals surface area contributed by atoms with Crippen LogP contribution in [0.5, 0.6) is 5.75 Å². The summed E-state index contributed by atoms with van der Waals surface area (Å²) in [5.41, 5.74) is 7.39. The summed E-state index contributed by atoms with van der Waals surface area (Å²) in [6.45, 7) is -2.46. The van der Waals surface area contributed by atoms with Crippen molar-refractivity contribution in [3.63, 3.8) is 0 Å². The van der Waals surface area contributed by atoms with Crippen LogP contribution in [-0.2, 0) is 6.54 Å². The van der Waals surface area contributed by atoms with Crippen molar-refractivity contribution in [2.45, 2.75) is 13.2 Å². The summed E-state index contributed by atoms with van der Waals surface area (Å²) < 4.78 is 28.3. The van der Waals surface area contributed by atoms with Gasteiger partial charge in [0, 0.05) is 17.8 Å². The Morgan fingerprint density at radius 1 is 1.10 bits per heavy atom. The van der Waals surface area contributed by atoms with Crippen molar-refractivity contribution < 1.29 is 18.3 Å². The molecule has 0 radical (unpaired) electrons. The molecule has 110 valence electrons. The van der Waals surface area contributed by atoms with Gasteiger partial charge in [-0.1, -0.05) is 12.1 Å².